The number of halogens is 4. The average Bonchev–Trinajstić information content (AvgIpc) is 3.85. The minimum Gasteiger partial charge on any atom is -0.339 e. The molecule has 2 N–H and O–H groups in total. The Morgan fingerprint density at radius 2 is 1.76 bits per heavy atom. The minimum absolute atomic E-state index is 0.000714. The van der Waals surface area contributed by atoms with E-state index in [1.54, 1.807) is 6.07 Å². The maximum atomic E-state index is 15.2. The lowest BCUT2D eigenvalue weighted by atomic mass is 9.88. The first-order valence-electron chi connectivity index (χ1n) is 14.3. The minimum atomic E-state index is -4.52. The predicted octanol–water partition coefficient (Wildman–Crippen LogP) is 4.87. The van der Waals surface area contributed by atoms with Gasteiger partial charge in [-0.2, -0.15) is 18.3 Å². The van der Waals surface area contributed by atoms with E-state index in [1.807, 2.05) is 6.92 Å². The number of anilines is 1. The number of aryl methyl sites for hydroxylation is 1. The molecule has 0 unspecified atom stereocenters. The molecule has 1 aromatic heterocycles. The summed E-state index contributed by atoms with van der Waals surface area (Å²) in [4.78, 5) is 40.5. The second kappa shape index (κ2) is 11.4. The third kappa shape index (κ3) is 6.25. The molecule has 3 amide bonds. The quantitative estimate of drug-likeness (QED) is 0.394. The summed E-state index contributed by atoms with van der Waals surface area (Å²) in [5.74, 6) is -2.95. The molecule has 0 radical (unpaired) electrons. The predicted molar refractivity (Wildman–Crippen MR) is 142 cm³/mol. The molecule has 2 saturated carbocycles. The molecule has 3 aliphatic rings. The van der Waals surface area contributed by atoms with Gasteiger partial charge < -0.3 is 15.5 Å². The summed E-state index contributed by atoms with van der Waals surface area (Å²) in [6.07, 6.45) is 0.966. The third-order valence-corrected chi connectivity index (χ3v) is 8.57. The number of hydrogen-bond acceptors (Lipinski definition) is 4. The number of alkyl halides is 3. The van der Waals surface area contributed by atoms with E-state index in [4.69, 9.17) is 0 Å². The standard InChI is InChI=1S/C29H35F4N5O3/c1-3-38-22(12-13-34-38)26(39)36-25(24(17-6-7-17)18-8-9-18)27(40)35-21-11-10-19(15-20(21)30)16(2)28(41)37-14-4-5-23(37)29(31,32)33/h10-13,15-18,23-25H,3-9,14H2,1-2H3,(H,35,40)(H,36,39)/t16-,23-,25-/m0/s1. The van der Waals surface area contributed by atoms with Gasteiger partial charge in [0.2, 0.25) is 11.8 Å². The molecular formula is C29H35F4N5O3. The van der Waals surface area contributed by atoms with E-state index in [1.165, 1.54) is 29.9 Å². The molecule has 2 heterocycles. The maximum absolute atomic E-state index is 15.2. The SMILES string of the molecule is CCn1nccc1C(=O)N[C@H](C(=O)Nc1ccc([C@H](C)C(=O)N2CCC[C@H]2C(F)(F)F)cc1F)C(C1CC1)C1CC1. The van der Waals surface area contributed by atoms with Crippen molar-refractivity contribution >= 4 is 23.4 Å². The lowest BCUT2D eigenvalue weighted by Crippen LogP contribution is -2.50. The summed E-state index contributed by atoms with van der Waals surface area (Å²) in [6, 6.07) is 2.69. The van der Waals surface area contributed by atoms with Crippen LogP contribution in [-0.2, 0) is 16.1 Å². The highest BCUT2D eigenvalue weighted by Crippen LogP contribution is 2.51. The van der Waals surface area contributed by atoms with Crippen molar-refractivity contribution in [1.82, 2.24) is 20.0 Å². The first-order chi connectivity index (χ1) is 19.5. The number of hydrogen-bond donors (Lipinski definition) is 2. The Labute approximate surface area is 235 Å². The van der Waals surface area contributed by atoms with E-state index in [-0.39, 0.29) is 36.6 Å². The van der Waals surface area contributed by atoms with Crippen LogP contribution in [0.15, 0.2) is 30.5 Å². The van der Waals surface area contributed by atoms with Crippen molar-refractivity contribution in [1.29, 1.82) is 0 Å². The Bertz CT molecular complexity index is 1290. The Balaban J connectivity index is 1.32. The smallest absolute Gasteiger partial charge is 0.339 e. The molecule has 5 rings (SSSR count). The summed E-state index contributed by atoms with van der Waals surface area (Å²) in [5.41, 5.74) is 0.413. The molecule has 222 valence electrons. The summed E-state index contributed by atoms with van der Waals surface area (Å²) in [5, 5.41) is 9.64. The summed E-state index contributed by atoms with van der Waals surface area (Å²) < 4.78 is 56.9. The van der Waals surface area contributed by atoms with Gasteiger partial charge in [-0.15, -0.1) is 0 Å². The van der Waals surface area contributed by atoms with Crippen LogP contribution in [0.4, 0.5) is 23.2 Å². The Hall–Kier alpha value is -3.44. The lowest BCUT2D eigenvalue weighted by Gasteiger charge is -2.29. The van der Waals surface area contributed by atoms with Gasteiger partial charge in [0.25, 0.3) is 5.91 Å². The topological polar surface area (TPSA) is 96.3 Å². The van der Waals surface area contributed by atoms with Gasteiger partial charge in [0.1, 0.15) is 23.6 Å². The molecule has 2 aliphatic carbocycles. The number of carbonyl (C=O) groups excluding carboxylic acids is 3. The van der Waals surface area contributed by atoms with Crippen molar-refractivity contribution in [2.24, 2.45) is 17.8 Å². The molecule has 0 bridgehead atoms. The van der Waals surface area contributed by atoms with Gasteiger partial charge in [-0.05, 0) is 93.9 Å². The average molecular weight is 578 g/mol. The zero-order valence-corrected chi connectivity index (χ0v) is 23.1. The zero-order valence-electron chi connectivity index (χ0n) is 23.1. The molecule has 1 aromatic carbocycles. The molecule has 1 aliphatic heterocycles. The van der Waals surface area contributed by atoms with Crippen LogP contribution < -0.4 is 10.6 Å². The Morgan fingerprint density at radius 3 is 2.34 bits per heavy atom. The summed E-state index contributed by atoms with van der Waals surface area (Å²) in [6.45, 7) is 3.78. The molecule has 2 aromatic rings. The normalized spacial score (nSPS) is 20.7. The number of aromatic nitrogens is 2. The maximum Gasteiger partial charge on any atom is 0.408 e. The molecule has 1 saturated heterocycles. The number of nitrogens with one attached hydrogen (secondary N) is 2. The number of benzene rings is 1. The van der Waals surface area contributed by atoms with Crippen LogP contribution in [0.3, 0.4) is 0 Å². The monoisotopic (exact) mass is 577 g/mol. The Morgan fingerprint density at radius 1 is 1.07 bits per heavy atom. The van der Waals surface area contributed by atoms with E-state index in [9.17, 15) is 27.6 Å². The van der Waals surface area contributed by atoms with Crippen molar-refractivity contribution < 1.29 is 31.9 Å². The highest BCUT2D eigenvalue weighted by Gasteiger charge is 2.49. The van der Waals surface area contributed by atoms with Crippen molar-refractivity contribution in [2.75, 3.05) is 11.9 Å². The van der Waals surface area contributed by atoms with E-state index in [0.717, 1.165) is 36.6 Å². The van der Waals surface area contributed by atoms with Crippen LogP contribution in [0.2, 0.25) is 0 Å². The number of nitrogens with zero attached hydrogens (tertiary/aromatic N) is 3. The van der Waals surface area contributed by atoms with E-state index in [2.05, 4.69) is 15.7 Å². The molecule has 12 heteroatoms. The number of rotatable bonds is 10. The fourth-order valence-electron chi connectivity index (χ4n) is 6.10. The summed E-state index contributed by atoms with van der Waals surface area (Å²) in [7, 11) is 0. The van der Waals surface area contributed by atoms with E-state index in [0.29, 0.717) is 24.1 Å². The highest BCUT2D eigenvalue weighted by molar-refractivity contribution is 6.01. The summed E-state index contributed by atoms with van der Waals surface area (Å²) >= 11 is 0. The van der Waals surface area contributed by atoms with Gasteiger partial charge in [-0.25, -0.2) is 4.39 Å². The van der Waals surface area contributed by atoms with Gasteiger partial charge in [-0.1, -0.05) is 6.07 Å². The van der Waals surface area contributed by atoms with Crippen LogP contribution >= 0.6 is 0 Å². The molecule has 3 atom stereocenters. The molecule has 41 heavy (non-hydrogen) atoms. The first kappa shape index (κ1) is 29.1. The fraction of sp³-hybridized carbons (Fsp3) is 0.586. The largest absolute Gasteiger partial charge is 0.408 e. The second-order valence-electron chi connectivity index (χ2n) is 11.4. The molecule has 0 spiro atoms. The van der Waals surface area contributed by atoms with Gasteiger partial charge in [0, 0.05) is 19.3 Å². The van der Waals surface area contributed by atoms with Crippen molar-refractivity contribution in [3.63, 3.8) is 0 Å². The first-order valence-corrected chi connectivity index (χ1v) is 14.3. The zero-order chi connectivity index (χ0) is 29.5. The van der Waals surface area contributed by atoms with Crippen LogP contribution in [0.1, 0.15) is 74.3 Å². The number of amides is 3. The number of likely N-dealkylation sites (tertiary alicyclic amines) is 1. The van der Waals surface area contributed by atoms with Crippen molar-refractivity contribution in [2.45, 2.75) is 83.1 Å². The lowest BCUT2D eigenvalue weighted by molar-refractivity contribution is -0.183. The van der Waals surface area contributed by atoms with Gasteiger partial charge >= 0.3 is 6.18 Å². The van der Waals surface area contributed by atoms with Crippen LogP contribution in [0.25, 0.3) is 0 Å². The Kier molecular flexibility index (Phi) is 8.11. The third-order valence-electron chi connectivity index (χ3n) is 8.57. The molecule has 8 nitrogen and oxygen atoms in total. The van der Waals surface area contributed by atoms with Crippen LogP contribution in [0, 0.1) is 23.6 Å². The molecule has 3 fully saturated rings. The van der Waals surface area contributed by atoms with Gasteiger partial charge in [0.15, 0.2) is 0 Å². The van der Waals surface area contributed by atoms with Crippen LogP contribution in [0.5, 0.6) is 0 Å². The van der Waals surface area contributed by atoms with E-state index >= 15 is 4.39 Å². The van der Waals surface area contributed by atoms with Gasteiger partial charge in [-0.3, -0.25) is 19.1 Å². The highest BCUT2D eigenvalue weighted by atomic mass is 19.4. The van der Waals surface area contributed by atoms with E-state index < -0.39 is 47.7 Å². The van der Waals surface area contributed by atoms with Crippen LogP contribution in [-0.4, -0.2) is 57.2 Å². The fourth-order valence-corrected chi connectivity index (χ4v) is 6.10. The van der Waals surface area contributed by atoms with Crippen molar-refractivity contribution in [3.05, 3.63) is 47.5 Å². The van der Waals surface area contributed by atoms with Crippen molar-refractivity contribution in [3.8, 4) is 0 Å². The van der Waals surface area contributed by atoms with Gasteiger partial charge in [0.05, 0.1) is 11.6 Å². The number of carbonyl (C=O) groups is 3. The second-order valence-corrected chi connectivity index (χ2v) is 11.4. The molecular weight excluding hydrogens is 542 g/mol.